The van der Waals surface area contributed by atoms with E-state index < -0.39 is 0 Å². The van der Waals surface area contributed by atoms with Crippen LogP contribution in [-0.2, 0) is 0 Å². The summed E-state index contributed by atoms with van der Waals surface area (Å²) in [5.41, 5.74) is 7.50. The maximum absolute atomic E-state index is 9.40. The van der Waals surface area contributed by atoms with E-state index in [4.69, 9.17) is 4.98 Å². The Balaban J connectivity index is 2.32. The van der Waals surface area contributed by atoms with Crippen molar-refractivity contribution in [2.24, 2.45) is 0 Å². The zero-order valence-electron chi connectivity index (χ0n) is 13.4. The van der Waals surface area contributed by atoms with Gasteiger partial charge >= 0.3 is 0 Å². The van der Waals surface area contributed by atoms with Crippen LogP contribution < -0.4 is 0 Å². The highest BCUT2D eigenvalue weighted by molar-refractivity contribution is 5.69. The van der Waals surface area contributed by atoms with Crippen LogP contribution in [-0.4, -0.2) is 9.38 Å². The van der Waals surface area contributed by atoms with Crippen molar-refractivity contribution in [3.63, 3.8) is 0 Å². The predicted molar refractivity (Wildman–Crippen MR) is 88.9 cm³/mol. The largest absolute Gasteiger partial charge is 0.302 e. The van der Waals surface area contributed by atoms with Gasteiger partial charge in [0.05, 0.1) is 23.4 Å². The average molecular weight is 289 g/mol. The van der Waals surface area contributed by atoms with Crippen molar-refractivity contribution >= 4 is 5.65 Å². The van der Waals surface area contributed by atoms with Crippen molar-refractivity contribution in [1.82, 2.24) is 9.38 Å². The zero-order chi connectivity index (χ0) is 15.9. The van der Waals surface area contributed by atoms with Gasteiger partial charge in [-0.15, -0.1) is 0 Å². The summed E-state index contributed by atoms with van der Waals surface area (Å²) >= 11 is 0. The third-order valence-electron chi connectivity index (χ3n) is 4.20. The molecule has 0 saturated heterocycles. The van der Waals surface area contributed by atoms with E-state index in [1.807, 2.05) is 23.6 Å². The molecule has 0 aliphatic carbocycles. The Morgan fingerprint density at radius 3 is 2.55 bits per heavy atom. The second kappa shape index (κ2) is 5.31. The molecule has 0 spiro atoms. The summed E-state index contributed by atoms with van der Waals surface area (Å²) in [7, 11) is 0. The van der Waals surface area contributed by atoms with Crippen LogP contribution in [0.3, 0.4) is 0 Å². The molecule has 0 radical (unpaired) electrons. The topological polar surface area (TPSA) is 41.1 Å². The van der Waals surface area contributed by atoms with Gasteiger partial charge in [-0.05, 0) is 62.6 Å². The first-order valence-electron chi connectivity index (χ1n) is 7.47. The van der Waals surface area contributed by atoms with Crippen molar-refractivity contribution in [2.75, 3.05) is 0 Å². The molecule has 1 unspecified atom stereocenters. The molecule has 3 rings (SSSR count). The fourth-order valence-electron chi connectivity index (χ4n) is 2.74. The second-order valence-corrected chi connectivity index (χ2v) is 5.93. The predicted octanol–water partition coefficient (Wildman–Crippen LogP) is 4.55. The first kappa shape index (κ1) is 14.3. The lowest BCUT2D eigenvalue weighted by atomic mass is 9.99. The minimum atomic E-state index is -0.214. The summed E-state index contributed by atoms with van der Waals surface area (Å²) in [5, 5.41) is 9.40. The van der Waals surface area contributed by atoms with Crippen molar-refractivity contribution < 1.29 is 0 Å². The molecule has 1 aromatic carbocycles. The van der Waals surface area contributed by atoms with Gasteiger partial charge in [-0.25, -0.2) is 4.98 Å². The van der Waals surface area contributed by atoms with E-state index in [1.165, 1.54) is 16.7 Å². The van der Waals surface area contributed by atoms with E-state index in [9.17, 15) is 5.26 Å². The van der Waals surface area contributed by atoms with Crippen LogP contribution >= 0.6 is 0 Å². The highest BCUT2D eigenvalue weighted by atomic mass is 15.0. The van der Waals surface area contributed by atoms with Crippen LogP contribution in [0.25, 0.3) is 16.9 Å². The molecule has 3 heteroatoms. The molecule has 2 aromatic heterocycles. The van der Waals surface area contributed by atoms with Crippen molar-refractivity contribution in [2.45, 2.75) is 33.6 Å². The molecule has 0 N–H and O–H groups in total. The number of hydrogen-bond donors (Lipinski definition) is 0. The minimum absolute atomic E-state index is 0.214. The number of aryl methyl sites for hydroxylation is 3. The first-order chi connectivity index (χ1) is 10.5. The number of imidazole rings is 1. The maximum atomic E-state index is 9.40. The first-order valence-corrected chi connectivity index (χ1v) is 7.47. The van der Waals surface area contributed by atoms with Crippen LogP contribution in [0, 0.1) is 32.1 Å². The second-order valence-electron chi connectivity index (χ2n) is 5.93. The molecular formula is C19H19N3. The van der Waals surface area contributed by atoms with Gasteiger partial charge in [-0.3, -0.25) is 0 Å². The number of pyridine rings is 1. The molecule has 0 amide bonds. The molecule has 0 bridgehead atoms. The Bertz CT molecular complexity index is 897. The molecule has 1 atom stereocenters. The third kappa shape index (κ3) is 2.27. The van der Waals surface area contributed by atoms with E-state index in [1.54, 1.807) is 0 Å². The van der Waals surface area contributed by atoms with Crippen LogP contribution in [0.2, 0.25) is 0 Å². The molecule has 3 nitrogen and oxygen atoms in total. The van der Waals surface area contributed by atoms with Gasteiger partial charge in [0, 0.05) is 11.8 Å². The van der Waals surface area contributed by atoms with Gasteiger partial charge in [-0.1, -0.05) is 12.1 Å². The van der Waals surface area contributed by atoms with Gasteiger partial charge in [0.15, 0.2) is 0 Å². The quantitative estimate of drug-likeness (QED) is 0.694. The van der Waals surface area contributed by atoms with Crippen LogP contribution in [0.4, 0.5) is 0 Å². The summed E-state index contributed by atoms with van der Waals surface area (Å²) in [6, 6.07) is 12.8. The average Bonchev–Trinajstić information content (AvgIpc) is 2.87. The number of benzene rings is 1. The van der Waals surface area contributed by atoms with E-state index in [2.05, 4.69) is 51.1 Å². The smallest absolute Gasteiger partial charge is 0.137 e. The van der Waals surface area contributed by atoms with Crippen molar-refractivity contribution in [3.05, 3.63) is 58.9 Å². The van der Waals surface area contributed by atoms with Crippen LogP contribution in [0.15, 0.2) is 36.5 Å². The molecular weight excluding hydrogens is 270 g/mol. The fraction of sp³-hybridized carbons (Fsp3) is 0.263. The van der Waals surface area contributed by atoms with Crippen molar-refractivity contribution in [3.8, 4) is 17.3 Å². The summed E-state index contributed by atoms with van der Waals surface area (Å²) in [6.07, 6.45) is 2.01. The van der Waals surface area contributed by atoms with Crippen molar-refractivity contribution in [1.29, 1.82) is 5.26 Å². The van der Waals surface area contributed by atoms with Gasteiger partial charge in [0.1, 0.15) is 5.65 Å². The molecule has 0 fully saturated rings. The highest BCUT2D eigenvalue weighted by Crippen LogP contribution is 2.31. The normalized spacial score (nSPS) is 12.3. The Labute approximate surface area is 130 Å². The number of nitriles is 1. The van der Waals surface area contributed by atoms with E-state index in [0.717, 1.165) is 22.6 Å². The number of rotatable bonds is 2. The van der Waals surface area contributed by atoms with Crippen LogP contribution in [0.5, 0.6) is 0 Å². The molecule has 3 aromatic rings. The SMILES string of the molecule is Cc1ccn2c(C(C)C#N)c(-c3ccc(C)c(C)c3)nc2c1. The molecule has 2 heterocycles. The molecule has 0 aliphatic heterocycles. The van der Waals surface area contributed by atoms with Crippen LogP contribution in [0.1, 0.15) is 35.2 Å². The monoisotopic (exact) mass is 289 g/mol. The van der Waals surface area contributed by atoms with Gasteiger partial charge in [0.25, 0.3) is 0 Å². The molecule has 0 aliphatic rings. The summed E-state index contributed by atoms with van der Waals surface area (Å²) in [5.74, 6) is -0.214. The Morgan fingerprint density at radius 1 is 1.09 bits per heavy atom. The fourth-order valence-corrected chi connectivity index (χ4v) is 2.74. The highest BCUT2D eigenvalue weighted by Gasteiger charge is 2.19. The minimum Gasteiger partial charge on any atom is -0.302 e. The standard InChI is InChI=1S/C19H19N3/c1-12-7-8-22-17(9-12)21-18(19(22)15(4)11-20)16-6-5-13(2)14(3)10-16/h5-10,15H,1-4H3. The maximum Gasteiger partial charge on any atom is 0.137 e. The lowest BCUT2D eigenvalue weighted by Crippen LogP contribution is -1.99. The molecule has 22 heavy (non-hydrogen) atoms. The third-order valence-corrected chi connectivity index (χ3v) is 4.20. The Kier molecular flexibility index (Phi) is 3.46. The van der Waals surface area contributed by atoms with E-state index >= 15 is 0 Å². The van der Waals surface area contributed by atoms with Gasteiger partial charge in [0.2, 0.25) is 0 Å². The van der Waals surface area contributed by atoms with E-state index in [0.29, 0.717) is 0 Å². The number of nitrogens with zero attached hydrogens (tertiary/aromatic N) is 3. The Hall–Kier alpha value is -2.60. The number of aromatic nitrogens is 2. The van der Waals surface area contributed by atoms with Gasteiger partial charge < -0.3 is 4.40 Å². The molecule has 110 valence electrons. The summed E-state index contributed by atoms with van der Waals surface area (Å²) in [6.45, 7) is 8.18. The van der Waals surface area contributed by atoms with Gasteiger partial charge in [-0.2, -0.15) is 5.26 Å². The molecule has 0 saturated carbocycles. The lowest BCUT2D eigenvalue weighted by Gasteiger charge is -2.08. The summed E-state index contributed by atoms with van der Waals surface area (Å²) < 4.78 is 2.03. The number of fused-ring (bicyclic) bond motifs is 1. The number of hydrogen-bond acceptors (Lipinski definition) is 2. The Morgan fingerprint density at radius 2 is 1.86 bits per heavy atom. The lowest BCUT2D eigenvalue weighted by molar-refractivity contribution is 0.899. The zero-order valence-corrected chi connectivity index (χ0v) is 13.4. The summed E-state index contributed by atoms with van der Waals surface area (Å²) in [4.78, 5) is 4.80. The van der Waals surface area contributed by atoms with E-state index in [-0.39, 0.29) is 5.92 Å².